The third-order valence-corrected chi connectivity index (χ3v) is 3.98. The maximum Gasteiger partial charge on any atom is 0.119 e. The minimum absolute atomic E-state index is 0.0935. The molecule has 1 atom stereocenters. The molecule has 3 nitrogen and oxygen atoms in total. The predicted molar refractivity (Wildman–Crippen MR) is 72.8 cm³/mol. The third-order valence-electron chi connectivity index (χ3n) is 3.98. The lowest BCUT2D eigenvalue weighted by Gasteiger charge is -2.32. The van der Waals surface area contributed by atoms with Crippen LogP contribution in [0.4, 0.5) is 0 Å². The van der Waals surface area contributed by atoms with Crippen LogP contribution in [0.15, 0.2) is 24.3 Å². The molecule has 1 aliphatic carbocycles. The Kier molecular flexibility index (Phi) is 4.61. The Bertz CT molecular complexity index is 373. The molecule has 0 radical (unpaired) electrons. The SMILES string of the molecule is CNC(c1cccc(OC)c1)C1CCC(O)CC1. The fourth-order valence-electron chi connectivity index (χ4n) is 2.94. The van der Waals surface area contributed by atoms with Crippen LogP contribution in [0.3, 0.4) is 0 Å². The standard InChI is InChI=1S/C15H23NO2/c1-16-15(11-6-8-13(17)9-7-11)12-4-3-5-14(10-12)18-2/h3-5,10-11,13,15-17H,6-9H2,1-2H3. The molecule has 1 fully saturated rings. The maximum absolute atomic E-state index is 9.59. The molecule has 0 spiro atoms. The van der Waals surface area contributed by atoms with Crippen LogP contribution in [0.1, 0.15) is 37.3 Å². The molecule has 0 aromatic heterocycles. The van der Waals surface area contributed by atoms with Crippen molar-refractivity contribution < 1.29 is 9.84 Å². The second-order valence-corrected chi connectivity index (χ2v) is 5.11. The summed E-state index contributed by atoms with van der Waals surface area (Å²) in [4.78, 5) is 0. The molecule has 1 saturated carbocycles. The number of hydrogen-bond acceptors (Lipinski definition) is 3. The van der Waals surface area contributed by atoms with E-state index >= 15 is 0 Å². The lowest BCUT2D eigenvalue weighted by atomic mass is 9.80. The van der Waals surface area contributed by atoms with Gasteiger partial charge in [0.25, 0.3) is 0 Å². The number of ether oxygens (including phenoxy) is 1. The van der Waals surface area contributed by atoms with Gasteiger partial charge in [0.05, 0.1) is 13.2 Å². The van der Waals surface area contributed by atoms with E-state index in [0.29, 0.717) is 12.0 Å². The van der Waals surface area contributed by atoms with Crippen molar-refractivity contribution in [3.63, 3.8) is 0 Å². The Hall–Kier alpha value is -1.06. The van der Waals surface area contributed by atoms with Crippen molar-refractivity contribution in [2.24, 2.45) is 5.92 Å². The second-order valence-electron chi connectivity index (χ2n) is 5.11. The average Bonchev–Trinajstić information content (AvgIpc) is 2.42. The molecule has 1 aromatic carbocycles. The molecule has 0 aliphatic heterocycles. The van der Waals surface area contributed by atoms with Crippen molar-refractivity contribution in [3.8, 4) is 5.75 Å². The van der Waals surface area contributed by atoms with Gasteiger partial charge in [0.2, 0.25) is 0 Å². The van der Waals surface area contributed by atoms with E-state index in [1.54, 1.807) is 7.11 Å². The number of nitrogens with one attached hydrogen (secondary N) is 1. The van der Waals surface area contributed by atoms with E-state index in [1.807, 2.05) is 19.2 Å². The molecule has 3 heteroatoms. The summed E-state index contributed by atoms with van der Waals surface area (Å²) in [5.41, 5.74) is 1.28. The van der Waals surface area contributed by atoms with Gasteiger partial charge >= 0.3 is 0 Å². The summed E-state index contributed by atoms with van der Waals surface area (Å²) < 4.78 is 5.29. The Morgan fingerprint density at radius 2 is 2.00 bits per heavy atom. The molecule has 1 unspecified atom stereocenters. The highest BCUT2D eigenvalue weighted by Crippen LogP contribution is 2.35. The van der Waals surface area contributed by atoms with Crippen LogP contribution in [-0.2, 0) is 0 Å². The van der Waals surface area contributed by atoms with Crippen LogP contribution >= 0.6 is 0 Å². The van der Waals surface area contributed by atoms with Gasteiger partial charge in [-0.3, -0.25) is 0 Å². The van der Waals surface area contributed by atoms with Crippen LogP contribution in [0.2, 0.25) is 0 Å². The fourth-order valence-corrected chi connectivity index (χ4v) is 2.94. The van der Waals surface area contributed by atoms with Gasteiger partial charge in [-0.25, -0.2) is 0 Å². The summed E-state index contributed by atoms with van der Waals surface area (Å²) in [6.45, 7) is 0. The van der Waals surface area contributed by atoms with Gasteiger partial charge in [0.1, 0.15) is 5.75 Å². The van der Waals surface area contributed by atoms with Gasteiger partial charge in [-0.1, -0.05) is 12.1 Å². The third kappa shape index (κ3) is 3.03. The zero-order valence-corrected chi connectivity index (χ0v) is 11.2. The summed E-state index contributed by atoms with van der Waals surface area (Å²) in [5.74, 6) is 1.51. The summed E-state index contributed by atoms with van der Waals surface area (Å²) in [5, 5.41) is 13.0. The maximum atomic E-state index is 9.59. The average molecular weight is 249 g/mol. The molecule has 2 N–H and O–H groups in total. The molecule has 1 aliphatic rings. The molecule has 18 heavy (non-hydrogen) atoms. The summed E-state index contributed by atoms with van der Waals surface area (Å²) in [6, 6.07) is 8.62. The van der Waals surface area contributed by atoms with Crippen LogP contribution in [-0.4, -0.2) is 25.4 Å². The van der Waals surface area contributed by atoms with Crippen molar-refractivity contribution in [2.75, 3.05) is 14.2 Å². The van der Waals surface area contributed by atoms with Gasteiger partial charge in [-0.05, 0) is 56.3 Å². The quantitative estimate of drug-likeness (QED) is 0.861. The van der Waals surface area contributed by atoms with Crippen LogP contribution in [0, 0.1) is 5.92 Å². The number of hydrogen-bond donors (Lipinski definition) is 2. The van der Waals surface area contributed by atoms with Crippen LogP contribution in [0.5, 0.6) is 5.75 Å². The van der Waals surface area contributed by atoms with Crippen molar-refractivity contribution in [3.05, 3.63) is 29.8 Å². The van der Waals surface area contributed by atoms with Crippen LogP contribution < -0.4 is 10.1 Å². The number of methoxy groups -OCH3 is 1. The zero-order chi connectivity index (χ0) is 13.0. The number of benzene rings is 1. The molecule has 1 aromatic rings. The molecule has 0 bridgehead atoms. The number of aliphatic hydroxyl groups excluding tert-OH is 1. The van der Waals surface area contributed by atoms with E-state index in [1.165, 1.54) is 5.56 Å². The Labute approximate surface area is 109 Å². The number of aliphatic hydroxyl groups is 1. The first kappa shape index (κ1) is 13.4. The highest BCUT2D eigenvalue weighted by atomic mass is 16.5. The van der Waals surface area contributed by atoms with Gasteiger partial charge in [0.15, 0.2) is 0 Å². The molecular weight excluding hydrogens is 226 g/mol. The highest BCUT2D eigenvalue weighted by Gasteiger charge is 2.26. The van der Waals surface area contributed by atoms with E-state index < -0.39 is 0 Å². The van der Waals surface area contributed by atoms with Crippen molar-refractivity contribution >= 4 is 0 Å². The first-order chi connectivity index (χ1) is 8.74. The first-order valence-corrected chi connectivity index (χ1v) is 6.74. The lowest BCUT2D eigenvalue weighted by Crippen LogP contribution is -2.30. The zero-order valence-electron chi connectivity index (χ0n) is 11.2. The Morgan fingerprint density at radius 1 is 1.28 bits per heavy atom. The van der Waals surface area contributed by atoms with E-state index in [4.69, 9.17) is 4.74 Å². The molecule has 0 saturated heterocycles. The largest absolute Gasteiger partial charge is 0.497 e. The Morgan fingerprint density at radius 3 is 2.61 bits per heavy atom. The van der Waals surface area contributed by atoms with E-state index in [-0.39, 0.29) is 6.10 Å². The molecule has 0 heterocycles. The van der Waals surface area contributed by atoms with Gasteiger partial charge < -0.3 is 15.2 Å². The van der Waals surface area contributed by atoms with E-state index in [0.717, 1.165) is 31.4 Å². The highest BCUT2D eigenvalue weighted by molar-refractivity contribution is 5.31. The summed E-state index contributed by atoms with van der Waals surface area (Å²) in [6.07, 6.45) is 3.93. The minimum atomic E-state index is -0.0935. The second kappa shape index (κ2) is 6.21. The van der Waals surface area contributed by atoms with Crippen molar-refractivity contribution in [2.45, 2.75) is 37.8 Å². The monoisotopic (exact) mass is 249 g/mol. The van der Waals surface area contributed by atoms with Crippen LogP contribution in [0.25, 0.3) is 0 Å². The molecule has 0 amide bonds. The van der Waals surface area contributed by atoms with E-state index in [9.17, 15) is 5.11 Å². The fraction of sp³-hybridized carbons (Fsp3) is 0.600. The first-order valence-electron chi connectivity index (χ1n) is 6.74. The normalized spacial score (nSPS) is 25.7. The predicted octanol–water partition coefficient (Wildman–Crippen LogP) is 2.51. The summed E-state index contributed by atoms with van der Waals surface area (Å²) >= 11 is 0. The molecule has 100 valence electrons. The molecular formula is C15H23NO2. The van der Waals surface area contributed by atoms with E-state index in [2.05, 4.69) is 17.4 Å². The van der Waals surface area contributed by atoms with Crippen molar-refractivity contribution in [1.82, 2.24) is 5.32 Å². The summed E-state index contributed by atoms with van der Waals surface area (Å²) in [7, 11) is 3.71. The lowest BCUT2D eigenvalue weighted by molar-refractivity contribution is 0.0981. The minimum Gasteiger partial charge on any atom is -0.497 e. The number of rotatable bonds is 4. The van der Waals surface area contributed by atoms with Gasteiger partial charge in [0, 0.05) is 6.04 Å². The van der Waals surface area contributed by atoms with Gasteiger partial charge in [-0.2, -0.15) is 0 Å². The Balaban J connectivity index is 2.11. The molecule has 2 rings (SSSR count). The smallest absolute Gasteiger partial charge is 0.119 e. The topological polar surface area (TPSA) is 41.5 Å². The van der Waals surface area contributed by atoms with Gasteiger partial charge in [-0.15, -0.1) is 0 Å². The van der Waals surface area contributed by atoms with Crippen molar-refractivity contribution in [1.29, 1.82) is 0 Å².